The van der Waals surface area contributed by atoms with Crippen molar-refractivity contribution < 1.29 is 9.50 Å². The van der Waals surface area contributed by atoms with Gasteiger partial charge in [0.15, 0.2) is 0 Å². The molecule has 2 nitrogen and oxygen atoms in total. The summed E-state index contributed by atoms with van der Waals surface area (Å²) >= 11 is 0. The van der Waals surface area contributed by atoms with E-state index in [4.69, 9.17) is 0 Å². The Hall–Kier alpha value is -0.930. The number of aliphatic hydroxyl groups is 1. The average molecular weight is 237 g/mol. The Kier molecular flexibility index (Phi) is 3.79. The van der Waals surface area contributed by atoms with Gasteiger partial charge in [0.1, 0.15) is 5.82 Å². The predicted molar refractivity (Wildman–Crippen MR) is 66.5 cm³/mol. The molecule has 0 spiro atoms. The van der Waals surface area contributed by atoms with Crippen LogP contribution >= 0.6 is 0 Å². The third-order valence-corrected chi connectivity index (χ3v) is 3.88. The van der Waals surface area contributed by atoms with Gasteiger partial charge in [0.2, 0.25) is 0 Å². The number of aryl methyl sites for hydroxylation is 1. The minimum atomic E-state index is -0.187. The number of nitrogens with one attached hydrogen (secondary N) is 1. The van der Waals surface area contributed by atoms with Crippen LogP contribution in [0.1, 0.15) is 24.0 Å². The van der Waals surface area contributed by atoms with Gasteiger partial charge >= 0.3 is 0 Å². The summed E-state index contributed by atoms with van der Waals surface area (Å²) in [5.41, 5.74) is 2.07. The molecule has 1 aliphatic rings. The highest BCUT2D eigenvalue weighted by molar-refractivity contribution is 5.28. The standard InChI is InChI=1S/C14H20FNO/c1-11-2-3-13(15)8-12(11)9-14(10-17)4-6-16-7-5-14/h2-3,8,16-17H,4-7,9-10H2,1H3. The van der Waals surface area contributed by atoms with E-state index >= 15 is 0 Å². The van der Waals surface area contributed by atoms with Gasteiger partial charge in [0.05, 0.1) is 0 Å². The normalized spacial score (nSPS) is 19.2. The fraction of sp³-hybridized carbons (Fsp3) is 0.571. The molecular weight excluding hydrogens is 217 g/mol. The Morgan fingerprint density at radius 2 is 2.06 bits per heavy atom. The first-order valence-corrected chi connectivity index (χ1v) is 6.22. The lowest BCUT2D eigenvalue weighted by Gasteiger charge is -2.36. The Labute approximate surface area is 102 Å². The maximum atomic E-state index is 13.3. The van der Waals surface area contributed by atoms with Gasteiger partial charge in [-0.15, -0.1) is 0 Å². The zero-order valence-corrected chi connectivity index (χ0v) is 10.3. The number of hydrogen-bond donors (Lipinski definition) is 2. The number of hydrogen-bond acceptors (Lipinski definition) is 2. The van der Waals surface area contributed by atoms with Crippen molar-refractivity contribution >= 4 is 0 Å². The first-order chi connectivity index (χ1) is 8.15. The highest BCUT2D eigenvalue weighted by Gasteiger charge is 2.31. The summed E-state index contributed by atoms with van der Waals surface area (Å²) in [6, 6.07) is 4.92. The smallest absolute Gasteiger partial charge is 0.123 e. The second-order valence-corrected chi connectivity index (χ2v) is 5.16. The van der Waals surface area contributed by atoms with Crippen molar-refractivity contribution in [1.82, 2.24) is 5.32 Å². The van der Waals surface area contributed by atoms with E-state index in [1.807, 2.05) is 13.0 Å². The molecule has 0 amide bonds. The van der Waals surface area contributed by atoms with E-state index in [1.165, 1.54) is 6.07 Å². The van der Waals surface area contributed by atoms with Gasteiger partial charge in [0.25, 0.3) is 0 Å². The molecule has 94 valence electrons. The van der Waals surface area contributed by atoms with Crippen molar-refractivity contribution in [2.24, 2.45) is 5.41 Å². The molecule has 1 aromatic carbocycles. The van der Waals surface area contributed by atoms with Crippen LogP contribution in [-0.4, -0.2) is 24.8 Å². The van der Waals surface area contributed by atoms with Gasteiger partial charge in [-0.3, -0.25) is 0 Å². The number of aliphatic hydroxyl groups excluding tert-OH is 1. The Morgan fingerprint density at radius 1 is 1.35 bits per heavy atom. The van der Waals surface area contributed by atoms with E-state index < -0.39 is 0 Å². The fourth-order valence-electron chi connectivity index (χ4n) is 2.58. The van der Waals surface area contributed by atoms with Crippen molar-refractivity contribution in [2.45, 2.75) is 26.2 Å². The monoisotopic (exact) mass is 237 g/mol. The molecule has 0 aromatic heterocycles. The fourth-order valence-corrected chi connectivity index (χ4v) is 2.58. The van der Waals surface area contributed by atoms with Crippen LogP contribution in [0, 0.1) is 18.2 Å². The Morgan fingerprint density at radius 3 is 2.71 bits per heavy atom. The first kappa shape index (κ1) is 12.5. The summed E-state index contributed by atoms with van der Waals surface area (Å²) < 4.78 is 13.3. The summed E-state index contributed by atoms with van der Waals surface area (Å²) in [5.74, 6) is -0.187. The zero-order valence-electron chi connectivity index (χ0n) is 10.3. The van der Waals surface area contributed by atoms with Crippen LogP contribution < -0.4 is 5.32 Å². The molecule has 0 unspecified atom stereocenters. The summed E-state index contributed by atoms with van der Waals surface area (Å²) in [4.78, 5) is 0. The van der Waals surface area contributed by atoms with E-state index in [0.29, 0.717) is 0 Å². The quantitative estimate of drug-likeness (QED) is 0.843. The van der Waals surface area contributed by atoms with Gasteiger partial charge < -0.3 is 10.4 Å². The second kappa shape index (κ2) is 5.15. The molecule has 1 heterocycles. The van der Waals surface area contributed by atoms with Crippen LogP contribution in [0.15, 0.2) is 18.2 Å². The van der Waals surface area contributed by atoms with Crippen molar-refractivity contribution in [3.8, 4) is 0 Å². The van der Waals surface area contributed by atoms with Gasteiger partial charge in [-0.2, -0.15) is 0 Å². The third-order valence-electron chi connectivity index (χ3n) is 3.88. The van der Waals surface area contributed by atoms with Crippen LogP contribution in [0.25, 0.3) is 0 Å². The van der Waals surface area contributed by atoms with Crippen molar-refractivity contribution in [3.05, 3.63) is 35.1 Å². The van der Waals surface area contributed by atoms with E-state index in [9.17, 15) is 9.50 Å². The molecule has 2 rings (SSSR count). The number of halogens is 1. The van der Waals surface area contributed by atoms with Crippen molar-refractivity contribution in [2.75, 3.05) is 19.7 Å². The van der Waals surface area contributed by atoms with E-state index in [-0.39, 0.29) is 17.8 Å². The second-order valence-electron chi connectivity index (χ2n) is 5.16. The van der Waals surface area contributed by atoms with Gasteiger partial charge in [-0.05, 0) is 68.0 Å². The molecule has 0 radical (unpaired) electrons. The molecule has 3 heteroatoms. The van der Waals surface area contributed by atoms with Crippen LogP contribution in [-0.2, 0) is 6.42 Å². The zero-order chi connectivity index (χ0) is 12.3. The van der Waals surface area contributed by atoms with Crippen LogP contribution in [0.5, 0.6) is 0 Å². The number of rotatable bonds is 3. The molecule has 1 aromatic rings. The maximum absolute atomic E-state index is 13.3. The third kappa shape index (κ3) is 2.85. The highest BCUT2D eigenvalue weighted by atomic mass is 19.1. The minimum Gasteiger partial charge on any atom is -0.396 e. The molecule has 0 saturated carbocycles. The summed E-state index contributed by atoms with van der Waals surface area (Å²) in [5, 5.41) is 12.9. The topological polar surface area (TPSA) is 32.3 Å². The molecular formula is C14H20FNO. The molecule has 0 aliphatic carbocycles. The number of benzene rings is 1. The molecule has 0 bridgehead atoms. The lowest BCUT2D eigenvalue weighted by atomic mass is 9.74. The van der Waals surface area contributed by atoms with Gasteiger partial charge in [0, 0.05) is 6.61 Å². The summed E-state index contributed by atoms with van der Waals surface area (Å²) in [7, 11) is 0. The maximum Gasteiger partial charge on any atom is 0.123 e. The van der Waals surface area contributed by atoms with E-state index in [0.717, 1.165) is 43.5 Å². The summed E-state index contributed by atoms with van der Waals surface area (Å²) in [6.07, 6.45) is 2.69. The SMILES string of the molecule is Cc1ccc(F)cc1CC1(CO)CCNCC1. The largest absolute Gasteiger partial charge is 0.396 e. The minimum absolute atomic E-state index is 0.0657. The van der Waals surface area contributed by atoms with Crippen LogP contribution in [0.3, 0.4) is 0 Å². The molecule has 1 fully saturated rings. The van der Waals surface area contributed by atoms with Gasteiger partial charge in [-0.1, -0.05) is 6.07 Å². The summed E-state index contributed by atoms with van der Waals surface area (Å²) in [6.45, 7) is 4.06. The molecule has 0 atom stereocenters. The van der Waals surface area contributed by atoms with Crippen LogP contribution in [0.4, 0.5) is 4.39 Å². The van der Waals surface area contributed by atoms with Crippen LogP contribution in [0.2, 0.25) is 0 Å². The van der Waals surface area contributed by atoms with Crippen molar-refractivity contribution in [3.63, 3.8) is 0 Å². The first-order valence-electron chi connectivity index (χ1n) is 6.22. The Balaban J connectivity index is 2.20. The molecule has 1 saturated heterocycles. The lowest BCUT2D eigenvalue weighted by Crippen LogP contribution is -2.40. The van der Waals surface area contributed by atoms with E-state index in [2.05, 4.69) is 5.32 Å². The lowest BCUT2D eigenvalue weighted by molar-refractivity contribution is 0.0891. The molecule has 1 aliphatic heterocycles. The predicted octanol–water partition coefficient (Wildman–Crippen LogP) is 2.04. The highest BCUT2D eigenvalue weighted by Crippen LogP contribution is 2.33. The number of piperidine rings is 1. The molecule has 17 heavy (non-hydrogen) atoms. The average Bonchev–Trinajstić information content (AvgIpc) is 2.35. The van der Waals surface area contributed by atoms with E-state index in [1.54, 1.807) is 6.07 Å². The molecule has 2 N–H and O–H groups in total. The Bertz CT molecular complexity index is 386. The van der Waals surface area contributed by atoms with Crippen molar-refractivity contribution in [1.29, 1.82) is 0 Å². The van der Waals surface area contributed by atoms with Gasteiger partial charge in [-0.25, -0.2) is 4.39 Å².